The summed E-state index contributed by atoms with van der Waals surface area (Å²) in [5.74, 6) is -1.34. The van der Waals surface area contributed by atoms with Gasteiger partial charge in [0.15, 0.2) is 5.69 Å². The van der Waals surface area contributed by atoms with Crippen molar-refractivity contribution in [1.29, 1.82) is 0 Å². The fourth-order valence-electron chi connectivity index (χ4n) is 3.49. The van der Waals surface area contributed by atoms with Crippen molar-refractivity contribution in [3.63, 3.8) is 0 Å². The third-order valence-corrected chi connectivity index (χ3v) is 5.86. The third kappa shape index (κ3) is 2.47. The molecule has 2 aromatic rings. The number of rotatable bonds is 2. The minimum absolute atomic E-state index is 0.0348. The maximum absolute atomic E-state index is 13.8. The van der Waals surface area contributed by atoms with Crippen LogP contribution in [0, 0.1) is 17.8 Å². The number of thiazole rings is 1. The number of halogens is 2. The molecule has 1 saturated carbocycles. The molecule has 4 rings (SSSR count). The van der Waals surface area contributed by atoms with Crippen LogP contribution in [0.4, 0.5) is 13.8 Å². The smallest absolute Gasteiger partial charge is 0.277 e. The molecule has 1 aromatic carbocycles. The predicted octanol–water partition coefficient (Wildman–Crippen LogP) is 0.679. The van der Waals surface area contributed by atoms with E-state index in [0.717, 1.165) is 16.2 Å². The number of piperidine rings is 1. The molecule has 144 valence electrons. The Hall–Kier alpha value is -3.03. The van der Waals surface area contributed by atoms with Crippen molar-refractivity contribution in [3.8, 4) is 22.4 Å². The second-order valence-corrected chi connectivity index (χ2v) is 7.74. The molecule has 1 aliphatic carbocycles. The number of hydrogen-bond acceptors (Lipinski definition) is 6. The first-order valence-corrected chi connectivity index (χ1v) is 8.96. The van der Waals surface area contributed by atoms with E-state index in [0.29, 0.717) is 16.1 Å². The second kappa shape index (κ2) is 5.73. The summed E-state index contributed by atoms with van der Waals surface area (Å²) in [4.78, 5) is 28.4. The topological polar surface area (TPSA) is 123 Å². The van der Waals surface area contributed by atoms with Gasteiger partial charge >= 0.3 is 0 Å². The Morgan fingerprint density at radius 1 is 1.43 bits per heavy atom. The number of alkyl halides is 2. The number of likely N-dealkylation sites (tertiary alicyclic amines) is 1. The summed E-state index contributed by atoms with van der Waals surface area (Å²) in [7, 11) is 1.23. The van der Waals surface area contributed by atoms with E-state index >= 15 is 0 Å². The zero-order chi connectivity index (χ0) is 20.4. The maximum atomic E-state index is 13.8. The van der Waals surface area contributed by atoms with E-state index in [4.69, 9.17) is 11.5 Å². The van der Waals surface area contributed by atoms with Gasteiger partial charge in [-0.2, -0.15) is 0 Å². The summed E-state index contributed by atoms with van der Waals surface area (Å²) >= 11 is 1.06. The molecule has 3 unspecified atom stereocenters. The third-order valence-electron chi connectivity index (χ3n) is 4.92. The zero-order valence-electron chi connectivity index (χ0n) is 14.4. The van der Waals surface area contributed by atoms with Gasteiger partial charge in [-0.25, -0.2) is 13.8 Å². The Balaban J connectivity index is 1.67. The van der Waals surface area contributed by atoms with E-state index in [1.54, 1.807) is 24.3 Å². The monoisotopic (exact) mass is 404 g/mol. The molecule has 5 N–H and O–H groups in total. The molecular formula is C18H14F2N4O3S. The summed E-state index contributed by atoms with van der Waals surface area (Å²) in [6, 6.07) is 5.20. The molecular weight excluding hydrogens is 390 g/mol. The number of aliphatic hydroxyl groups is 1. The standard InChI is InChI=1S/C18H14F2N4O3S/c1-24-12-11(18(12,19)20)17(27,16(24)26)6-5-8-3-2-4-9(7-8)15-23-10(13(21)25)14(22)28-15/h2-4,7,11-12,27H,22H2,1H3,(H2,21,25). The molecule has 28 heavy (non-hydrogen) atoms. The minimum atomic E-state index is -3.16. The highest BCUT2D eigenvalue weighted by atomic mass is 32.1. The van der Waals surface area contributed by atoms with Crippen LogP contribution in [0.2, 0.25) is 0 Å². The van der Waals surface area contributed by atoms with Gasteiger partial charge in [-0.1, -0.05) is 35.3 Å². The Bertz CT molecular complexity index is 1090. The SMILES string of the molecule is CN1C(=O)C(O)(C#Cc2cccc(-c3nc(C(N)=O)c(N)s3)c2)C2C1C2(F)F. The highest BCUT2D eigenvalue weighted by molar-refractivity contribution is 7.19. The van der Waals surface area contributed by atoms with E-state index < -0.39 is 35.3 Å². The molecule has 1 aliphatic heterocycles. The first-order chi connectivity index (χ1) is 13.1. The van der Waals surface area contributed by atoms with Crippen LogP contribution < -0.4 is 11.5 Å². The Morgan fingerprint density at radius 3 is 2.75 bits per heavy atom. The van der Waals surface area contributed by atoms with E-state index in [1.165, 1.54) is 7.05 Å². The van der Waals surface area contributed by atoms with Crippen molar-refractivity contribution in [2.24, 2.45) is 11.7 Å². The van der Waals surface area contributed by atoms with Gasteiger partial charge in [0.1, 0.15) is 22.0 Å². The van der Waals surface area contributed by atoms with E-state index in [2.05, 4.69) is 16.8 Å². The molecule has 2 amide bonds. The van der Waals surface area contributed by atoms with Crippen molar-refractivity contribution in [2.75, 3.05) is 12.8 Å². The predicted molar refractivity (Wildman–Crippen MR) is 97.3 cm³/mol. The number of nitrogens with two attached hydrogens (primary N) is 2. The van der Waals surface area contributed by atoms with Gasteiger partial charge in [-0.3, -0.25) is 9.59 Å². The van der Waals surface area contributed by atoms with Crippen molar-refractivity contribution in [3.05, 3.63) is 35.5 Å². The number of likely N-dealkylation sites (N-methyl/N-ethyl adjacent to an activating group) is 1. The molecule has 2 aliphatic rings. The molecule has 10 heteroatoms. The van der Waals surface area contributed by atoms with Crippen molar-refractivity contribution >= 4 is 28.2 Å². The molecule has 7 nitrogen and oxygen atoms in total. The van der Waals surface area contributed by atoms with E-state index in [9.17, 15) is 23.5 Å². The number of benzene rings is 1. The van der Waals surface area contributed by atoms with Gasteiger partial charge in [-0.15, -0.1) is 0 Å². The largest absolute Gasteiger partial charge is 0.389 e. The summed E-state index contributed by atoms with van der Waals surface area (Å²) < 4.78 is 27.6. The van der Waals surface area contributed by atoms with Crippen LogP contribution in [0.1, 0.15) is 16.1 Å². The molecule has 0 bridgehead atoms. The highest BCUT2D eigenvalue weighted by Crippen LogP contribution is 2.61. The van der Waals surface area contributed by atoms with Crippen LogP contribution in [0.3, 0.4) is 0 Å². The number of hydrogen-bond donors (Lipinski definition) is 3. The summed E-state index contributed by atoms with van der Waals surface area (Å²) in [5, 5.41) is 11.1. The van der Waals surface area contributed by atoms with Crippen LogP contribution in [0.5, 0.6) is 0 Å². The fraction of sp³-hybridized carbons (Fsp3) is 0.278. The van der Waals surface area contributed by atoms with Crippen molar-refractivity contribution < 1.29 is 23.5 Å². The highest BCUT2D eigenvalue weighted by Gasteiger charge is 2.84. The van der Waals surface area contributed by atoms with Crippen LogP contribution in [0.15, 0.2) is 24.3 Å². The average Bonchev–Trinajstić information content (AvgIpc) is 2.92. The summed E-state index contributed by atoms with van der Waals surface area (Å²) in [6.45, 7) is 0. The molecule has 2 heterocycles. The first kappa shape index (κ1) is 18.3. The average molecular weight is 404 g/mol. The molecule has 3 atom stereocenters. The second-order valence-electron chi connectivity index (χ2n) is 6.71. The summed E-state index contributed by atoms with van der Waals surface area (Å²) in [5.41, 5.74) is 9.43. The normalized spacial score (nSPS) is 27.1. The quantitative estimate of drug-likeness (QED) is 0.636. The molecule has 2 fully saturated rings. The van der Waals surface area contributed by atoms with Crippen LogP contribution in [-0.4, -0.2) is 51.4 Å². The van der Waals surface area contributed by atoms with Crippen molar-refractivity contribution in [1.82, 2.24) is 9.88 Å². The Labute approximate surface area is 162 Å². The number of carbonyl (C=O) groups excluding carboxylic acids is 2. The molecule has 0 radical (unpaired) electrons. The van der Waals surface area contributed by atoms with Crippen LogP contribution >= 0.6 is 11.3 Å². The minimum Gasteiger partial charge on any atom is -0.389 e. The van der Waals surface area contributed by atoms with E-state index in [1.807, 2.05) is 0 Å². The fourth-order valence-corrected chi connectivity index (χ4v) is 4.32. The Morgan fingerprint density at radius 2 is 2.14 bits per heavy atom. The number of aromatic nitrogens is 1. The lowest BCUT2D eigenvalue weighted by atomic mass is 9.98. The van der Waals surface area contributed by atoms with Gasteiger partial charge in [-0.05, 0) is 12.1 Å². The molecule has 0 spiro atoms. The van der Waals surface area contributed by atoms with Gasteiger partial charge in [0.25, 0.3) is 17.7 Å². The van der Waals surface area contributed by atoms with Crippen LogP contribution in [0.25, 0.3) is 10.6 Å². The van der Waals surface area contributed by atoms with Gasteiger partial charge in [0.2, 0.25) is 5.60 Å². The number of nitrogens with zero attached hydrogens (tertiary/aromatic N) is 2. The Kier molecular flexibility index (Phi) is 3.75. The lowest BCUT2D eigenvalue weighted by Crippen LogP contribution is -2.46. The number of amides is 2. The number of nitrogen functional groups attached to an aromatic ring is 1. The van der Waals surface area contributed by atoms with Gasteiger partial charge in [0.05, 0.1) is 0 Å². The van der Waals surface area contributed by atoms with Gasteiger partial charge in [0, 0.05) is 18.2 Å². The summed E-state index contributed by atoms with van der Waals surface area (Å²) in [6.07, 6.45) is 0. The zero-order valence-corrected chi connectivity index (χ0v) is 15.3. The number of carbonyl (C=O) groups is 2. The molecule has 1 aromatic heterocycles. The van der Waals surface area contributed by atoms with E-state index in [-0.39, 0.29) is 10.7 Å². The van der Waals surface area contributed by atoms with Crippen LogP contribution in [-0.2, 0) is 4.79 Å². The number of anilines is 1. The van der Waals surface area contributed by atoms with Crippen molar-refractivity contribution in [2.45, 2.75) is 17.6 Å². The first-order valence-electron chi connectivity index (χ1n) is 8.14. The maximum Gasteiger partial charge on any atom is 0.277 e. The lowest BCUT2D eigenvalue weighted by molar-refractivity contribution is -0.146. The number of primary amides is 1. The number of fused-ring (bicyclic) bond motifs is 1. The lowest BCUT2D eigenvalue weighted by Gasteiger charge is -2.21. The molecule has 1 saturated heterocycles. The van der Waals surface area contributed by atoms with Gasteiger partial charge < -0.3 is 21.5 Å².